The number of aromatic nitrogens is 1. The highest BCUT2D eigenvalue weighted by Crippen LogP contribution is 2.07. The lowest BCUT2D eigenvalue weighted by Crippen LogP contribution is -2.38. The minimum Gasteiger partial charge on any atom is -0.357 e. The molecule has 2 aromatic carbocycles. The Bertz CT molecular complexity index is 1030. The molecule has 2 N–H and O–H groups in total. The van der Waals surface area contributed by atoms with E-state index < -0.39 is 0 Å². The molecule has 0 aliphatic carbocycles. The summed E-state index contributed by atoms with van der Waals surface area (Å²) in [5.41, 5.74) is 3.09. The van der Waals surface area contributed by atoms with Gasteiger partial charge in [0.2, 0.25) is 0 Å². The third-order valence-corrected chi connectivity index (χ3v) is 4.63. The zero-order chi connectivity index (χ0) is 21.2. The van der Waals surface area contributed by atoms with E-state index in [1.54, 1.807) is 35.0 Å². The second-order valence-electron chi connectivity index (χ2n) is 6.99. The minimum atomic E-state index is -0.214. The van der Waals surface area contributed by atoms with Gasteiger partial charge in [0.05, 0.1) is 13.1 Å². The van der Waals surface area contributed by atoms with Crippen LogP contribution in [-0.2, 0) is 19.5 Å². The molecule has 0 amide bonds. The average Bonchev–Trinajstić information content (AvgIpc) is 2.75. The summed E-state index contributed by atoms with van der Waals surface area (Å²) in [5.74, 6) is 0.516. The first-order valence-electron chi connectivity index (χ1n) is 10.1. The van der Waals surface area contributed by atoms with Gasteiger partial charge in [0.25, 0.3) is 5.56 Å². The number of benzene rings is 2. The van der Waals surface area contributed by atoms with E-state index in [2.05, 4.69) is 15.6 Å². The van der Waals surface area contributed by atoms with Gasteiger partial charge in [-0.05, 0) is 48.2 Å². The fraction of sp³-hybridized carbons (Fsp3) is 0.250. The van der Waals surface area contributed by atoms with Gasteiger partial charge in [0, 0.05) is 25.4 Å². The Morgan fingerprint density at radius 2 is 1.77 bits per heavy atom. The van der Waals surface area contributed by atoms with Gasteiger partial charge in [-0.15, -0.1) is 0 Å². The minimum absolute atomic E-state index is 0.00854. The second-order valence-corrected chi connectivity index (χ2v) is 6.99. The summed E-state index contributed by atoms with van der Waals surface area (Å²) in [7, 11) is 0. The molecule has 0 fully saturated rings. The van der Waals surface area contributed by atoms with Gasteiger partial charge in [-0.2, -0.15) is 0 Å². The molecular weight excluding hydrogens is 379 g/mol. The smallest absolute Gasteiger partial charge is 0.250 e. The van der Waals surface area contributed by atoms with Crippen molar-refractivity contribution in [1.82, 2.24) is 15.2 Å². The van der Waals surface area contributed by atoms with E-state index in [1.807, 2.05) is 43.3 Å². The largest absolute Gasteiger partial charge is 0.357 e. The summed E-state index contributed by atoms with van der Waals surface area (Å²) in [5, 5.41) is 6.52. The van der Waals surface area contributed by atoms with E-state index in [-0.39, 0.29) is 11.4 Å². The molecule has 0 saturated carbocycles. The lowest BCUT2D eigenvalue weighted by atomic mass is 10.1. The Kier molecular flexibility index (Phi) is 7.78. The van der Waals surface area contributed by atoms with Gasteiger partial charge >= 0.3 is 0 Å². The van der Waals surface area contributed by atoms with Crippen molar-refractivity contribution in [1.29, 1.82) is 0 Å². The lowest BCUT2D eigenvalue weighted by molar-refractivity contribution is 0.625. The molecule has 6 heteroatoms. The molecule has 0 radical (unpaired) electrons. The molecule has 0 aliphatic heterocycles. The Morgan fingerprint density at radius 1 is 0.967 bits per heavy atom. The maximum atomic E-state index is 13.3. The first-order chi connectivity index (χ1) is 14.6. The van der Waals surface area contributed by atoms with Crippen LogP contribution in [0.1, 0.15) is 23.6 Å². The second kappa shape index (κ2) is 11.0. The molecule has 3 aromatic rings. The summed E-state index contributed by atoms with van der Waals surface area (Å²) in [4.78, 5) is 16.5. The summed E-state index contributed by atoms with van der Waals surface area (Å²) in [6, 6.07) is 19.9. The zero-order valence-corrected chi connectivity index (χ0v) is 17.1. The van der Waals surface area contributed by atoms with E-state index in [0.29, 0.717) is 19.6 Å². The van der Waals surface area contributed by atoms with Crippen LogP contribution in [0, 0.1) is 5.82 Å². The quantitative estimate of drug-likeness (QED) is 0.446. The first-order valence-corrected chi connectivity index (χ1v) is 10.1. The fourth-order valence-electron chi connectivity index (χ4n) is 3.07. The van der Waals surface area contributed by atoms with Gasteiger partial charge in [-0.1, -0.05) is 42.5 Å². The maximum Gasteiger partial charge on any atom is 0.250 e. The van der Waals surface area contributed by atoms with Crippen molar-refractivity contribution in [2.75, 3.05) is 13.1 Å². The number of pyridine rings is 1. The number of nitrogens with one attached hydrogen (secondary N) is 2. The molecule has 1 aromatic heterocycles. The van der Waals surface area contributed by atoms with E-state index in [4.69, 9.17) is 0 Å². The highest BCUT2D eigenvalue weighted by molar-refractivity contribution is 5.79. The first kappa shape index (κ1) is 21.3. The predicted molar refractivity (Wildman–Crippen MR) is 119 cm³/mol. The Hall–Kier alpha value is -3.41. The van der Waals surface area contributed by atoms with Crippen LogP contribution in [0.3, 0.4) is 0 Å². The summed E-state index contributed by atoms with van der Waals surface area (Å²) in [6.07, 6.45) is 2.51. The molecule has 0 bridgehead atoms. The van der Waals surface area contributed by atoms with Crippen molar-refractivity contribution in [2.45, 2.75) is 26.4 Å². The van der Waals surface area contributed by atoms with Crippen LogP contribution in [0.25, 0.3) is 0 Å². The molecule has 0 aliphatic rings. The van der Waals surface area contributed by atoms with Crippen LogP contribution in [0.2, 0.25) is 0 Å². The number of nitrogens with zero attached hydrogens (tertiary/aromatic N) is 2. The Labute approximate surface area is 176 Å². The Balaban J connectivity index is 1.54. The van der Waals surface area contributed by atoms with Crippen LogP contribution in [-0.4, -0.2) is 23.6 Å². The number of halogens is 1. The van der Waals surface area contributed by atoms with Gasteiger partial charge in [0.1, 0.15) is 5.82 Å². The summed E-state index contributed by atoms with van der Waals surface area (Å²) in [6.45, 7) is 4.54. The molecule has 0 saturated heterocycles. The van der Waals surface area contributed by atoms with Gasteiger partial charge < -0.3 is 15.2 Å². The molecule has 1 heterocycles. The number of hydrogen-bond donors (Lipinski definition) is 2. The van der Waals surface area contributed by atoms with Crippen molar-refractivity contribution < 1.29 is 4.39 Å². The standard InChI is InChI=1S/C24H27FN4O/c1-2-26-24(27-14-13-19-6-5-7-22(25)16-19)28-17-20-9-11-21(12-10-20)18-29-15-4-3-8-23(29)30/h3-12,15-16H,2,13-14,17-18H2,1H3,(H2,26,27,28). The fourth-order valence-corrected chi connectivity index (χ4v) is 3.07. The van der Waals surface area contributed by atoms with Crippen molar-refractivity contribution in [2.24, 2.45) is 4.99 Å². The summed E-state index contributed by atoms with van der Waals surface area (Å²) >= 11 is 0. The third kappa shape index (κ3) is 6.58. The number of rotatable bonds is 8. The lowest BCUT2D eigenvalue weighted by Gasteiger charge is -2.11. The molecule has 0 spiro atoms. The van der Waals surface area contributed by atoms with Gasteiger partial charge in [0.15, 0.2) is 5.96 Å². The van der Waals surface area contributed by atoms with Crippen molar-refractivity contribution >= 4 is 5.96 Å². The van der Waals surface area contributed by atoms with E-state index in [9.17, 15) is 9.18 Å². The van der Waals surface area contributed by atoms with Crippen LogP contribution in [0.4, 0.5) is 4.39 Å². The van der Waals surface area contributed by atoms with Crippen molar-refractivity contribution in [3.8, 4) is 0 Å². The highest BCUT2D eigenvalue weighted by atomic mass is 19.1. The van der Waals surface area contributed by atoms with Gasteiger partial charge in [-0.25, -0.2) is 9.38 Å². The van der Waals surface area contributed by atoms with E-state index in [0.717, 1.165) is 35.6 Å². The van der Waals surface area contributed by atoms with Crippen molar-refractivity contribution in [3.63, 3.8) is 0 Å². The number of hydrogen-bond acceptors (Lipinski definition) is 2. The van der Waals surface area contributed by atoms with E-state index in [1.165, 1.54) is 6.07 Å². The number of aliphatic imine (C=N–C) groups is 1. The molecule has 3 rings (SSSR count). The molecule has 5 nitrogen and oxygen atoms in total. The third-order valence-electron chi connectivity index (χ3n) is 4.63. The molecule has 0 unspecified atom stereocenters. The van der Waals surface area contributed by atoms with Gasteiger partial charge in [-0.3, -0.25) is 4.79 Å². The monoisotopic (exact) mass is 406 g/mol. The zero-order valence-electron chi connectivity index (χ0n) is 17.1. The van der Waals surface area contributed by atoms with Crippen molar-refractivity contribution in [3.05, 3.63) is 106 Å². The molecule has 156 valence electrons. The highest BCUT2D eigenvalue weighted by Gasteiger charge is 2.01. The van der Waals surface area contributed by atoms with Crippen LogP contribution in [0.5, 0.6) is 0 Å². The molecule has 0 atom stereocenters. The Morgan fingerprint density at radius 3 is 2.50 bits per heavy atom. The molecule has 30 heavy (non-hydrogen) atoms. The topological polar surface area (TPSA) is 58.4 Å². The van der Waals surface area contributed by atoms with Crippen LogP contribution >= 0.6 is 0 Å². The SMILES string of the molecule is CCNC(=NCc1ccc(Cn2ccccc2=O)cc1)NCCc1cccc(F)c1. The molecular formula is C24H27FN4O. The normalized spacial score (nSPS) is 11.3. The van der Waals surface area contributed by atoms with Crippen LogP contribution in [0.15, 0.2) is 82.7 Å². The predicted octanol–water partition coefficient (Wildman–Crippen LogP) is 3.33. The summed E-state index contributed by atoms with van der Waals surface area (Å²) < 4.78 is 15.0. The number of guanidine groups is 1. The van der Waals surface area contributed by atoms with Crippen LogP contribution < -0.4 is 16.2 Å². The maximum absolute atomic E-state index is 13.3. The average molecular weight is 407 g/mol. The van der Waals surface area contributed by atoms with E-state index >= 15 is 0 Å².